The normalized spacial score (nSPS) is 18.0. The second-order valence-electron chi connectivity index (χ2n) is 8.98. The molecule has 0 spiro atoms. The summed E-state index contributed by atoms with van der Waals surface area (Å²) >= 11 is 12.4. The Morgan fingerprint density at radius 1 is 1.16 bits per heavy atom. The second kappa shape index (κ2) is 11.9. The van der Waals surface area contributed by atoms with Gasteiger partial charge in [0.05, 0.1) is 11.4 Å². The number of allylic oxidation sites excluding steroid dienone is 1. The Hall–Kier alpha value is -3.23. The van der Waals surface area contributed by atoms with Crippen LogP contribution in [0.1, 0.15) is 37.6 Å². The Kier molecular flexibility index (Phi) is 8.61. The molecule has 196 valence electrons. The molecule has 0 saturated carbocycles. The van der Waals surface area contributed by atoms with E-state index in [1.165, 1.54) is 6.34 Å². The molecule has 0 bridgehead atoms. The average Bonchev–Trinajstić information content (AvgIpc) is 2.90. The van der Waals surface area contributed by atoms with Crippen LogP contribution in [0.3, 0.4) is 0 Å². The van der Waals surface area contributed by atoms with Gasteiger partial charge in [0.1, 0.15) is 18.9 Å². The van der Waals surface area contributed by atoms with Crippen molar-refractivity contribution in [1.29, 1.82) is 0 Å². The van der Waals surface area contributed by atoms with E-state index in [1.807, 2.05) is 32.9 Å². The van der Waals surface area contributed by atoms with E-state index in [1.54, 1.807) is 34.1 Å². The molecule has 2 aromatic carbocycles. The Balaban J connectivity index is 1.44. The molecule has 0 radical (unpaired) electrons. The van der Waals surface area contributed by atoms with Crippen LogP contribution in [0.5, 0.6) is 11.5 Å². The van der Waals surface area contributed by atoms with E-state index in [9.17, 15) is 9.59 Å². The van der Waals surface area contributed by atoms with E-state index < -0.39 is 0 Å². The van der Waals surface area contributed by atoms with Gasteiger partial charge in [-0.2, -0.15) is 0 Å². The fourth-order valence-corrected chi connectivity index (χ4v) is 4.72. The van der Waals surface area contributed by atoms with E-state index in [4.69, 9.17) is 32.7 Å². The molecule has 1 saturated heterocycles. The molecule has 1 N–H and O–H groups in total. The minimum Gasteiger partial charge on any atom is -0.486 e. The number of piperazine rings is 1. The van der Waals surface area contributed by atoms with Crippen molar-refractivity contribution in [1.82, 2.24) is 9.80 Å². The lowest BCUT2D eigenvalue weighted by atomic mass is 10.1. The van der Waals surface area contributed by atoms with Crippen LogP contribution in [-0.4, -0.2) is 66.8 Å². The molecule has 2 heterocycles. The molecule has 4 rings (SSSR count). The summed E-state index contributed by atoms with van der Waals surface area (Å²) in [6, 6.07) is 10.3. The van der Waals surface area contributed by atoms with Crippen molar-refractivity contribution in [2.75, 3.05) is 38.2 Å². The number of amides is 2. The van der Waals surface area contributed by atoms with Crippen molar-refractivity contribution in [2.45, 2.75) is 33.2 Å². The zero-order valence-electron chi connectivity index (χ0n) is 21.1. The topological polar surface area (TPSA) is 83.5 Å². The van der Waals surface area contributed by atoms with Gasteiger partial charge in [-0.25, -0.2) is 4.99 Å². The third kappa shape index (κ3) is 6.19. The van der Waals surface area contributed by atoms with E-state index in [0.717, 1.165) is 11.3 Å². The van der Waals surface area contributed by atoms with Gasteiger partial charge in [0.25, 0.3) is 11.8 Å². The Morgan fingerprint density at radius 2 is 1.95 bits per heavy atom. The molecule has 1 unspecified atom stereocenters. The van der Waals surface area contributed by atoms with Gasteiger partial charge in [0.2, 0.25) is 0 Å². The van der Waals surface area contributed by atoms with E-state index >= 15 is 0 Å². The smallest absolute Gasteiger partial charge is 0.272 e. The monoisotopic (exact) mass is 544 g/mol. The van der Waals surface area contributed by atoms with Crippen molar-refractivity contribution in [3.63, 3.8) is 0 Å². The first kappa shape index (κ1) is 26.8. The van der Waals surface area contributed by atoms with Gasteiger partial charge in [-0.1, -0.05) is 36.2 Å². The summed E-state index contributed by atoms with van der Waals surface area (Å²) in [5.41, 5.74) is 2.48. The Labute approximate surface area is 226 Å². The minimum absolute atomic E-state index is 0.162. The highest BCUT2D eigenvalue weighted by Crippen LogP contribution is 2.38. The van der Waals surface area contributed by atoms with Crippen LogP contribution < -0.4 is 14.8 Å². The minimum atomic E-state index is -0.200. The van der Waals surface area contributed by atoms with Crippen LogP contribution in [0.4, 0.5) is 5.69 Å². The first-order valence-electron chi connectivity index (χ1n) is 12.2. The molecule has 1 fully saturated rings. The molecule has 10 heteroatoms. The first-order valence-corrected chi connectivity index (χ1v) is 13.0. The number of ether oxygens (including phenoxy) is 2. The number of anilines is 1. The molecule has 0 aliphatic carbocycles. The van der Waals surface area contributed by atoms with Gasteiger partial charge in [-0.3, -0.25) is 9.59 Å². The Morgan fingerprint density at radius 3 is 2.68 bits per heavy atom. The van der Waals surface area contributed by atoms with E-state index in [2.05, 4.69) is 10.3 Å². The summed E-state index contributed by atoms with van der Waals surface area (Å²) in [6.07, 6.45) is 2.20. The third-order valence-electron chi connectivity index (χ3n) is 6.41. The highest BCUT2D eigenvalue weighted by molar-refractivity contribution is 6.32. The summed E-state index contributed by atoms with van der Waals surface area (Å²) in [5.74, 6) is 0.606. The first-order chi connectivity index (χ1) is 17.8. The van der Waals surface area contributed by atoms with Gasteiger partial charge < -0.3 is 24.6 Å². The molecular formula is C27H30Cl2N4O4. The number of fused-ring (bicyclic) bond motifs is 1. The van der Waals surface area contributed by atoms with Crippen molar-refractivity contribution >= 4 is 47.0 Å². The lowest BCUT2D eigenvalue weighted by Crippen LogP contribution is -2.55. The largest absolute Gasteiger partial charge is 0.486 e. The van der Waals surface area contributed by atoms with Crippen LogP contribution in [0, 0.1) is 0 Å². The zero-order chi connectivity index (χ0) is 26.5. The maximum atomic E-state index is 13.5. The van der Waals surface area contributed by atoms with Crippen LogP contribution in [-0.2, 0) is 4.79 Å². The van der Waals surface area contributed by atoms with Gasteiger partial charge in [-0.05, 0) is 56.2 Å². The number of halogens is 2. The van der Waals surface area contributed by atoms with Crippen molar-refractivity contribution in [3.8, 4) is 11.5 Å². The lowest BCUT2D eigenvalue weighted by molar-refractivity contribution is -0.131. The molecule has 2 aromatic rings. The summed E-state index contributed by atoms with van der Waals surface area (Å²) in [7, 11) is 0. The standard InChI is InChI=1S/C27H30Cl2N4O4/c1-4-17(2)24(31-16-30-21-7-5-6-20(28)14-21)27(35)33-9-8-32(15-18(33)3)26(34)19-12-22(29)25-23(13-19)36-10-11-37-25/h5-7,12-14,16,18H,4,8-11,15H2,1-3H3,(H,30,31). The van der Waals surface area contributed by atoms with Gasteiger partial charge >= 0.3 is 0 Å². The molecule has 37 heavy (non-hydrogen) atoms. The third-order valence-corrected chi connectivity index (χ3v) is 6.92. The average molecular weight is 545 g/mol. The summed E-state index contributed by atoms with van der Waals surface area (Å²) in [6.45, 7) is 7.82. The molecular weight excluding hydrogens is 515 g/mol. The number of carbonyl (C=O) groups is 2. The SMILES string of the molecule is CCC(C)=C(N=CNc1cccc(Cl)c1)C(=O)N1CCN(C(=O)c2cc(Cl)c3c(c2)OCCO3)CC1C. The fraction of sp³-hybridized carbons (Fsp3) is 0.370. The zero-order valence-corrected chi connectivity index (χ0v) is 22.6. The fourth-order valence-electron chi connectivity index (χ4n) is 4.26. The summed E-state index contributed by atoms with van der Waals surface area (Å²) in [5, 5.41) is 4.02. The van der Waals surface area contributed by atoms with E-state index in [0.29, 0.717) is 72.1 Å². The highest BCUT2D eigenvalue weighted by Gasteiger charge is 2.32. The number of nitrogens with one attached hydrogen (secondary N) is 1. The maximum Gasteiger partial charge on any atom is 0.272 e. The molecule has 2 aliphatic heterocycles. The van der Waals surface area contributed by atoms with Gasteiger partial charge in [0, 0.05) is 41.9 Å². The maximum absolute atomic E-state index is 13.5. The van der Waals surface area contributed by atoms with Crippen LogP contribution in [0.25, 0.3) is 0 Å². The number of carbonyl (C=O) groups excluding carboxylic acids is 2. The molecule has 1 atom stereocenters. The summed E-state index contributed by atoms with van der Waals surface area (Å²) in [4.78, 5) is 34.7. The lowest BCUT2D eigenvalue weighted by Gasteiger charge is -2.40. The predicted molar refractivity (Wildman–Crippen MR) is 146 cm³/mol. The number of hydrogen-bond donors (Lipinski definition) is 1. The van der Waals surface area contributed by atoms with Crippen LogP contribution >= 0.6 is 23.2 Å². The number of benzene rings is 2. The quantitative estimate of drug-likeness (QED) is 0.304. The highest BCUT2D eigenvalue weighted by atomic mass is 35.5. The van der Waals surface area contributed by atoms with E-state index in [-0.39, 0.29) is 17.9 Å². The molecule has 2 aliphatic rings. The second-order valence-corrected chi connectivity index (χ2v) is 9.82. The van der Waals surface area contributed by atoms with Crippen LogP contribution in [0.15, 0.2) is 52.7 Å². The predicted octanol–water partition coefficient (Wildman–Crippen LogP) is 5.26. The summed E-state index contributed by atoms with van der Waals surface area (Å²) < 4.78 is 11.2. The van der Waals surface area contributed by atoms with Crippen molar-refractivity contribution in [3.05, 3.63) is 63.3 Å². The molecule has 8 nitrogen and oxygen atoms in total. The van der Waals surface area contributed by atoms with Crippen molar-refractivity contribution < 1.29 is 19.1 Å². The van der Waals surface area contributed by atoms with Crippen molar-refractivity contribution in [2.24, 2.45) is 4.99 Å². The molecule has 2 amide bonds. The Bertz CT molecular complexity index is 1250. The van der Waals surface area contributed by atoms with Crippen LogP contribution in [0.2, 0.25) is 10.0 Å². The number of aliphatic imine (C=N–C) groups is 1. The number of hydrogen-bond acceptors (Lipinski definition) is 5. The number of nitrogens with zero attached hydrogens (tertiary/aromatic N) is 3. The van der Waals surface area contributed by atoms with Gasteiger partial charge in [0.15, 0.2) is 11.5 Å². The van der Waals surface area contributed by atoms with Gasteiger partial charge in [-0.15, -0.1) is 0 Å². The molecule has 0 aromatic heterocycles. The number of rotatable bonds is 6.